The molecular weight excluding hydrogens is 328 g/mol. The van der Waals surface area contributed by atoms with Gasteiger partial charge < -0.3 is 5.32 Å². The van der Waals surface area contributed by atoms with Gasteiger partial charge in [-0.1, -0.05) is 44.7 Å². The van der Waals surface area contributed by atoms with E-state index in [1.807, 2.05) is 43.5 Å². The zero-order valence-electron chi connectivity index (χ0n) is 15.4. The lowest BCUT2D eigenvalue weighted by molar-refractivity contribution is -0.131. The first-order valence-electron chi connectivity index (χ1n) is 9.26. The molecule has 1 unspecified atom stereocenters. The number of aromatic nitrogens is 2. The molecule has 3 rings (SSSR count). The van der Waals surface area contributed by atoms with Crippen molar-refractivity contribution in [3.63, 3.8) is 0 Å². The predicted octanol–water partition coefficient (Wildman–Crippen LogP) is 3.65. The predicted molar refractivity (Wildman–Crippen MR) is 99.8 cm³/mol. The third kappa shape index (κ3) is 3.79. The lowest BCUT2D eigenvalue weighted by Crippen LogP contribution is -2.43. The number of imide groups is 1. The van der Waals surface area contributed by atoms with Crippen LogP contribution in [0.3, 0.4) is 0 Å². The van der Waals surface area contributed by atoms with Crippen molar-refractivity contribution >= 4 is 11.9 Å². The van der Waals surface area contributed by atoms with Crippen molar-refractivity contribution in [1.29, 1.82) is 0 Å². The van der Waals surface area contributed by atoms with E-state index in [-0.39, 0.29) is 18.5 Å². The second kappa shape index (κ2) is 7.72. The molecule has 1 N–H and O–H groups in total. The van der Waals surface area contributed by atoms with Gasteiger partial charge in [0.15, 0.2) is 0 Å². The zero-order valence-corrected chi connectivity index (χ0v) is 15.4. The van der Waals surface area contributed by atoms with Crippen LogP contribution in [0.15, 0.2) is 42.7 Å². The molecule has 26 heavy (non-hydrogen) atoms. The van der Waals surface area contributed by atoms with E-state index in [4.69, 9.17) is 0 Å². The van der Waals surface area contributed by atoms with E-state index in [1.54, 1.807) is 10.9 Å². The summed E-state index contributed by atoms with van der Waals surface area (Å²) in [5, 5.41) is 7.08. The minimum Gasteiger partial charge on any atom is -0.323 e. The second-order valence-corrected chi connectivity index (χ2v) is 7.08. The summed E-state index contributed by atoms with van der Waals surface area (Å²) in [6.07, 6.45) is 8.63. The van der Waals surface area contributed by atoms with Gasteiger partial charge in [-0.25, -0.2) is 9.48 Å². The van der Waals surface area contributed by atoms with Gasteiger partial charge in [-0.2, -0.15) is 5.10 Å². The summed E-state index contributed by atoms with van der Waals surface area (Å²) < 4.78 is 1.77. The van der Waals surface area contributed by atoms with Crippen molar-refractivity contribution in [2.45, 2.75) is 58.0 Å². The molecule has 1 aromatic carbocycles. The van der Waals surface area contributed by atoms with E-state index in [1.165, 1.54) is 4.90 Å². The van der Waals surface area contributed by atoms with Crippen LogP contribution in [-0.2, 0) is 11.3 Å². The molecule has 0 bridgehead atoms. The standard InChI is InChI=1S/C20H26N4O2/c1-3-4-5-6-12-20(2)18(25)23(19(26)22-20)15-16-8-10-17(11-9-16)24-14-7-13-21-24/h7-11,13-14H,3-6,12,15H2,1-2H3,(H,22,26). The Morgan fingerprint density at radius 2 is 1.88 bits per heavy atom. The number of benzene rings is 1. The normalized spacial score (nSPS) is 19.8. The van der Waals surface area contributed by atoms with Crippen LogP contribution in [0.4, 0.5) is 4.79 Å². The molecule has 2 heterocycles. The number of carbonyl (C=O) groups is 2. The van der Waals surface area contributed by atoms with Crippen molar-refractivity contribution in [3.8, 4) is 5.69 Å². The first-order chi connectivity index (χ1) is 12.5. The van der Waals surface area contributed by atoms with Crippen LogP contribution in [0.5, 0.6) is 0 Å². The van der Waals surface area contributed by atoms with Gasteiger partial charge in [-0.15, -0.1) is 0 Å². The average Bonchev–Trinajstić information content (AvgIpc) is 3.24. The van der Waals surface area contributed by atoms with Crippen LogP contribution < -0.4 is 5.32 Å². The van der Waals surface area contributed by atoms with Gasteiger partial charge in [-0.05, 0) is 37.1 Å². The highest BCUT2D eigenvalue weighted by molar-refractivity contribution is 6.06. The Labute approximate surface area is 154 Å². The molecule has 1 aromatic heterocycles. The molecule has 0 saturated carbocycles. The molecule has 138 valence electrons. The maximum Gasteiger partial charge on any atom is 0.325 e. The summed E-state index contributed by atoms with van der Waals surface area (Å²) in [5.74, 6) is -0.129. The number of hydrogen-bond donors (Lipinski definition) is 1. The van der Waals surface area contributed by atoms with E-state index in [2.05, 4.69) is 17.3 Å². The van der Waals surface area contributed by atoms with Crippen LogP contribution >= 0.6 is 0 Å². The van der Waals surface area contributed by atoms with Gasteiger partial charge >= 0.3 is 6.03 Å². The van der Waals surface area contributed by atoms with Crippen molar-refractivity contribution in [3.05, 3.63) is 48.3 Å². The SMILES string of the molecule is CCCCCCC1(C)NC(=O)N(Cc2ccc(-n3cccn3)cc2)C1=O. The van der Waals surface area contributed by atoms with Crippen LogP contribution in [0.25, 0.3) is 5.69 Å². The number of hydrogen-bond acceptors (Lipinski definition) is 3. The molecule has 0 radical (unpaired) electrons. The number of urea groups is 1. The Hall–Kier alpha value is -2.63. The lowest BCUT2D eigenvalue weighted by atomic mass is 9.94. The first kappa shape index (κ1) is 18.2. The molecule has 6 heteroatoms. The summed E-state index contributed by atoms with van der Waals surface area (Å²) in [4.78, 5) is 26.4. The molecule has 6 nitrogen and oxygen atoms in total. The van der Waals surface area contributed by atoms with Gasteiger partial charge in [0, 0.05) is 12.4 Å². The fourth-order valence-corrected chi connectivity index (χ4v) is 3.32. The number of rotatable bonds is 8. The summed E-state index contributed by atoms with van der Waals surface area (Å²) >= 11 is 0. The smallest absolute Gasteiger partial charge is 0.323 e. The largest absolute Gasteiger partial charge is 0.325 e. The summed E-state index contributed by atoms with van der Waals surface area (Å²) in [6.45, 7) is 4.28. The molecular formula is C20H26N4O2. The van der Waals surface area contributed by atoms with Gasteiger partial charge in [-0.3, -0.25) is 9.69 Å². The Morgan fingerprint density at radius 1 is 1.12 bits per heavy atom. The molecule has 2 aromatic rings. The summed E-state index contributed by atoms with van der Waals surface area (Å²) in [5.41, 5.74) is 1.08. The quantitative estimate of drug-likeness (QED) is 0.581. The number of nitrogens with zero attached hydrogens (tertiary/aromatic N) is 3. The van der Waals surface area contributed by atoms with E-state index in [0.29, 0.717) is 6.42 Å². The minimum absolute atomic E-state index is 0.129. The second-order valence-electron chi connectivity index (χ2n) is 7.08. The summed E-state index contributed by atoms with van der Waals surface area (Å²) in [7, 11) is 0. The van der Waals surface area contributed by atoms with E-state index in [0.717, 1.165) is 36.9 Å². The fraction of sp³-hybridized carbons (Fsp3) is 0.450. The van der Waals surface area contributed by atoms with Gasteiger partial charge in [0.2, 0.25) is 0 Å². The highest BCUT2D eigenvalue weighted by Crippen LogP contribution is 2.25. The molecule has 3 amide bonds. The molecule has 1 aliphatic rings. The third-order valence-electron chi connectivity index (χ3n) is 4.92. The summed E-state index contributed by atoms with van der Waals surface area (Å²) in [6, 6.07) is 9.28. The molecule has 0 spiro atoms. The maximum absolute atomic E-state index is 12.8. The van der Waals surface area contributed by atoms with Crippen LogP contribution in [0.1, 0.15) is 51.5 Å². The highest BCUT2D eigenvalue weighted by Gasteiger charge is 2.46. The molecule has 1 fully saturated rings. The van der Waals surface area contributed by atoms with Crippen molar-refractivity contribution in [2.75, 3.05) is 0 Å². The third-order valence-corrected chi connectivity index (χ3v) is 4.92. The van der Waals surface area contributed by atoms with Crippen LogP contribution in [-0.4, -0.2) is 32.2 Å². The van der Waals surface area contributed by atoms with Gasteiger partial charge in [0.1, 0.15) is 5.54 Å². The van der Waals surface area contributed by atoms with Crippen molar-refractivity contribution < 1.29 is 9.59 Å². The highest BCUT2D eigenvalue weighted by atomic mass is 16.2. The van der Waals surface area contributed by atoms with Crippen LogP contribution in [0.2, 0.25) is 0 Å². The Kier molecular flexibility index (Phi) is 5.40. The first-order valence-corrected chi connectivity index (χ1v) is 9.26. The van der Waals surface area contributed by atoms with Gasteiger partial charge in [0.25, 0.3) is 5.91 Å². The zero-order chi connectivity index (χ0) is 18.6. The van der Waals surface area contributed by atoms with Crippen LogP contribution in [0, 0.1) is 0 Å². The Morgan fingerprint density at radius 3 is 2.54 bits per heavy atom. The van der Waals surface area contributed by atoms with Gasteiger partial charge in [0.05, 0.1) is 12.2 Å². The van der Waals surface area contributed by atoms with E-state index < -0.39 is 5.54 Å². The van der Waals surface area contributed by atoms with E-state index in [9.17, 15) is 9.59 Å². The number of amides is 3. The van der Waals surface area contributed by atoms with Crippen molar-refractivity contribution in [1.82, 2.24) is 20.0 Å². The maximum atomic E-state index is 12.8. The number of nitrogens with one attached hydrogen (secondary N) is 1. The molecule has 1 saturated heterocycles. The topological polar surface area (TPSA) is 67.2 Å². The molecule has 0 aliphatic carbocycles. The number of carbonyl (C=O) groups excluding carboxylic acids is 2. The Bertz CT molecular complexity index is 755. The monoisotopic (exact) mass is 354 g/mol. The lowest BCUT2D eigenvalue weighted by Gasteiger charge is -2.21. The van der Waals surface area contributed by atoms with E-state index >= 15 is 0 Å². The Balaban J connectivity index is 1.64. The minimum atomic E-state index is -0.778. The fourth-order valence-electron chi connectivity index (χ4n) is 3.32. The average molecular weight is 354 g/mol. The number of unbranched alkanes of at least 4 members (excludes halogenated alkanes) is 3. The molecule has 1 atom stereocenters. The van der Waals surface area contributed by atoms with Crippen molar-refractivity contribution in [2.24, 2.45) is 0 Å². The molecule has 1 aliphatic heterocycles.